The Bertz CT molecular complexity index is 597. The number of hydrogen-bond acceptors (Lipinski definition) is 4. The van der Waals surface area contributed by atoms with Gasteiger partial charge in [-0.3, -0.25) is 14.2 Å². The van der Waals surface area contributed by atoms with Crippen molar-refractivity contribution >= 4 is 11.6 Å². The number of nitrogens with two attached hydrogens (primary N) is 1. The van der Waals surface area contributed by atoms with Crippen molar-refractivity contribution in [2.45, 2.75) is 26.9 Å². The Labute approximate surface area is 111 Å². The molecule has 0 aliphatic rings. The number of hydrogen-bond donors (Lipinski definition) is 2. The normalized spacial score (nSPS) is 10.7. The van der Waals surface area contributed by atoms with E-state index in [2.05, 4.69) is 15.5 Å². The third-order valence-corrected chi connectivity index (χ3v) is 2.89. The lowest BCUT2D eigenvalue weighted by Gasteiger charge is -2.06. The first kappa shape index (κ1) is 13.1. The fraction of sp³-hybridized carbons (Fsp3) is 0.417. The summed E-state index contributed by atoms with van der Waals surface area (Å²) in [7, 11) is 1.83. The summed E-state index contributed by atoms with van der Waals surface area (Å²) < 4.78 is 3.30. The molecule has 0 atom stereocenters. The molecule has 0 saturated carbocycles. The third-order valence-electron chi connectivity index (χ3n) is 2.89. The van der Waals surface area contributed by atoms with E-state index < -0.39 is 0 Å². The summed E-state index contributed by atoms with van der Waals surface area (Å²) in [6, 6.07) is 1.85. The van der Waals surface area contributed by atoms with Gasteiger partial charge in [0, 0.05) is 19.8 Å². The molecule has 0 spiro atoms. The Balaban J connectivity index is 2.12. The molecular weight excluding hydrogens is 244 g/mol. The quantitative estimate of drug-likeness (QED) is 0.837. The number of carbonyl (C=O) groups is 1. The van der Waals surface area contributed by atoms with Crippen molar-refractivity contribution in [3.63, 3.8) is 0 Å². The van der Waals surface area contributed by atoms with Crippen LogP contribution in [-0.2, 0) is 20.1 Å². The van der Waals surface area contributed by atoms with Crippen LogP contribution in [0.3, 0.4) is 0 Å². The molecule has 102 valence electrons. The molecule has 2 aromatic heterocycles. The van der Waals surface area contributed by atoms with Gasteiger partial charge >= 0.3 is 0 Å². The number of anilines is 1. The van der Waals surface area contributed by atoms with Crippen molar-refractivity contribution in [3.05, 3.63) is 29.3 Å². The van der Waals surface area contributed by atoms with E-state index in [0.717, 1.165) is 5.69 Å². The molecule has 2 heterocycles. The maximum Gasteiger partial charge on any atom is 0.272 e. The molecule has 3 N–H and O–H groups in total. The van der Waals surface area contributed by atoms with Gasteiger partial charge in [-0.25, -0.2) is 0 Å². The Morgan fingerprint density at radius 2 is 2.21 bits per heavy atom. The lowest BCUT2D eigenvalue weighted by molar-refractivity contribution is 0.0940. The molecule has 0 aliphatic heterocycles. The molecule has 7 heteroatoms. The number of aryl methyl sites for hydroxylation is 3. The zero-order chi connectivity index (χ0) is 14.0. The van der Waals surface area contributed by atoms with Crippen LogP contribution >= 0.6 is 0 Å². The van der Waals surface area contributed by atoms with Crippen LogP contribution in [0, 0.1) is 6.92 Å². The summed E-state index contributed by atoms with van der Waals surface area (Å²) in [5.74, 6) is -0.231. The van der Waals surface area contributed by atoms with Gasteiger partial charge in [-0.05, 0) is 19.9 Å². The maximum absolute atomic E-state index is 12.2. The molecule has 0 saturated heterocycles. The molecule has 19 heavy (non-hydrogen) atoms. The highest BCUT2D eigenvalue weighted by Gasteiger charge is 2.18. The fourth-order valence-electron chi connectivity index (χ4n) is 1.88. The van der Waals surface area contributed by atoms with Crippen LogP contribution in [0.1, 0.15) is 28.8 Å². The fourth-order valence-corrected chi connectivity index (χ4v) is 1.88. The van der Waals surface area contributed by atoms with Crippen LogP contribution in [0.4, 0.5) is 5.69 Å². The highest BCUT2D eigenvalue weighted by molar-refractivity contribution is 5.97. The van der Waals surface area contributed by atoms with Gasteiger partial charge in [-0.2, -0.15) is 10.2 Å². The first-order valence-corrected chi connectivity index (χ1v) is 6.12. The minimum absolute atomic E-state index is 0.231. The van der Waals surface area contributed by atoms with Crippen LogP contribution in [0.25, 0.3) is 0 Å². The minimum Gasteiger partial charge on any atom is -0.395 e. The van der Waals surface area contributed by atoms with E-state index in [1.807, 2.05) is 26.2 Å². The maximum atomic E-state index is 12.2. The molecule has 2 aromatic rings. The molecule has 0 bridgehead atoms. The van der Waals surface area contributed by atoms with Crippen molar-refractivity contribution in [2.24, 2.45) is 7.05 Å². The van der Waals surface area contributed by atoms with E-state index in [0.29, 0.717) is 30.2 Å². The number of nitrogens with zero attached hydrogens (tertiary/aromatic N) is 4. The molecule has 0 aromatic carbocycles. The van der Waals surface area contributed by atoms with Crippen molar-refractivity contribution in [2.75, 3.05) is 5.73 Å². The SMILES string of the molecule is CCn1nc(C)c(N)c1C(=O)NCc1ccn(C)n1. The van der Waals surface area contributed by atoms with Gasteiger partial charge < -0.3 is 11.1 Å². The molecular formula is C12H18N6O. The second-order valence-corrected chi connectivity index (χ2v) is 4.33. The highest BCUT2D eigenvalue weighted by Crippen LogP contribution is 2.16. The van der Waals surface area contributed by atoms with Crippen LogP contribution in [0.15, 0.2) is 12.3 Å². The predicted octanol–water partition coefficient (Wildman–Crippen LogP) is 0.457. The van der Waals surface area contributed by atoms with Gasteiger partial charge in [0.05, 0.1) is 23.6 Å². The van der Waals surface area contributed by atoms with Crippen molar-refractivity contribution in [1.29, 1.82) is 0 Å². The standard InChI is InChI=1S/C12H18N6O/c1-4-18-11(10(13)8(2)15-18)12(19)14-7-9-5-6-17(3)16-9/h5-6H,4,7,13H2,1-3H3,(H,14,19). The van der Waals surface area contributed by atoms with Gasteiger partial charge in [0.25, 0.3) is 5.91 Å². The van der Waals surface area contributed by atoms with Gasteiger partial charge in [-0.1, -0.05) is 0 Å². The average Bonchev–Trinajstić information content (AvgIpc) is 2.92. The molecule has 0 radical (unpaired) electrons. The van der Waals surface area contributed by atoms with Crippen molar-refractivity contribution in [3.8, 4) is 0 Å². The second kappa shape index (κ2) is 5.13. The number of carbonyl (C=O) groups excluding carboxylic acids is 1. The van der Waals surface area contributed by atoms with E-state index in [1.165, 1.54) is 0 Å². The summed E-state index contributed by atoms with van der Waals surface area (Å²) >= 11 is 0. The number of rotatable bonds is 4. The van der Waals surface area contributed by atoms with Gasteiger partial charge in [0.2, 0.25) is 0 Å². The summed E-state index contributed by atoms with van der Waals surface area (Å²) in [4.78, 5) is 12.2. The third kappa shape index (κ3) is 2.59. The minimum atomic E-state index is -0.231. The van der Waals surface area contributed by atoms with E-state index in [9.17, 15) is 4.79 Å². The predicted molar refractivity (Wildman–Crippen MR) is 71.4 cm³/mol. The Hall–Kier alpha value is -2.31. The van der Waals surface area contributed by atoms with Gasteiger partial charge in [0.15, 0.2) is 0 Å². The summed E-state index contributed by atoms with van der Waals surface area (Å²) in [6.07, 6.45) is 1.83. The Morgan fingerprint density at radius 1 is 1.47 bits per heavy atom. The van der Waals surface area contributed by atoms with Crippen LogP contribution in [-0.4, -0.2) is 25.5 Å². The largest absolute Gasteiger partial charge is 0.395 e. The Morgan fingerprint density at radius 3 is 2.79 bits per heavy atom. The van der Waals surface area contributed by atoms with Crippen molar-refractivity contribution < 1.29 is 4.79 Å². The summed E-state index contributed by atoms with van der Waals surface area (Å²) in [5.41, 5.74) is 8.20. The van der Waals surface area contributed by atoms with Gasteiger partial charge in [-0.15, -0.1) is 0 Å². The van der Waals surface area contributed by atoms with Crippen LogP contribution in [0.5, 0.6) is 0 Å². The molecule has 1 amide bonds. The highest BCUT2D eigenvalue weighted by atomic mass is 16.2. The smallest absolute Gasteiger partial charge is 0.272 e. The zero-order valence-corrected chi connectivity index (χ0v) is 11.3. The monoisotopic (exact) mass is 262 g/mol. The lowest BCUT2D eigenvalue weighted by atomic mass is 10.3. The van der Waals surface area contributed by atoms with Crippen molar-refractivity contribution in [1.82, 2.24) is 24.9 Å². The van der Waals surface area contributed by atoms with E-state index >= 15 is 0 Å². The molecule has 0 unspecified atom stereocenters. The molecule has 0 aliphatic carbocycles. The molecule has 2 rings (SSSR count). The average molecular weight is 262 g/mol. The van der Waals surface area contributed by atoms with E-state index in [4.69, 9.17) is 5.73 Å². The summed E-state index contributed by atoms with van der Waals surface area (Å²) in [5, 5.41) is 11.2. The number of amides is 1. The van der Waals surface area contributed by atoms with E-state index in [-0.39, 0.29) is 5.91 Å². The number of nitrogen functional groups attached to an aromatic ring is 1. The second-order valence-electron chi connectivity index (χ2n) is 4.33. The number of nitrogens with one attached hydrogen (secondary N) is 1. The van der Waals surface area contributed by atoms with E-state index in [1.54, 1.807) is 16.3 Å². The van der Waals surface area contributed by atoms with Crippen LogP contribution in [0.2, 0.25) is 0 Å². The summed E-state index contributed by atoms with van der Waals surface area (Å²) in [6.45, 7) is 4.68. The topological polar surface area (TPSA) is 90.8 Å². The molecule has 0 fully saturated rings. The Kier molecular flexibility index (Phi) is 3.55. The first-order valence-electron chi connectivity index (χ1n) is 6.12. The zero-order valence-electron chi connectivity index (χ0n) is 11.3. The van der Waals surface area contributed by atoms with Crippen LogP contribution < -0.4 is 11.1 Å². The number of aromatic nitrogens is 4. The molecule has 7 nitrogen and oxygen atoms in total. The van der Waals surface area contributed by atoms with Gasteiger partial charge in [0.1, 0.15) is 5.69 Å². The first-order chi connectivity index (χ1) is 9.02. The lowest BCUT2D eigenvalue weighted by Crippen LogP contribution is -2.26.